The zero-order valence-electron chi connectivity index (χ0n) is 16.5. The zero-order chi connectivity index (χ0) is 20.5. The third kappa shape index (κ3) is 5.67. The second kappa shape index (κ2) is 10.3. The van der Waals surface area contributed by atoms with Gasteiger partial charge in [0, 0.05) is 24.7 Å². The summed E-state index contributed by atoms with van der Waals surface area (Å²) in [5.74, 6) is -0.725. The average Bonchev–Trinajstić information content (AvgIpc) is 2.75. The maximum atomic E-state index is 12.8. The van der Waals surface area contributed by atoms with Crippen LogP contribution in [0.5, 0.6) is 0 Å². The smallest absolute Gasteiger partial charge is 0.251 e. The normalized spacial score (nSPS) is 12.5. The summed E-state index contributed by atoms with van der Waals surface area (Å²) in [5.41, 5.74) is 1.86. The molecule has 2 aromatic carbocycles. The molecule has 2 atom stereocenters. The van der Waals surface area contributed by atoms with Gasteiger partial charge >= 0.3 is 0 Å². The fourth-order valence-electron chi connectivity index (χ4n) is 2.78. The van der Waals surface area contributed by atoms with Crippen LogP contribution in [-0.2, 0) is 11.3 Å². The third-order valence-electron chi connectivity index (χ3n) is 4.70. The Morgan fingerprint density at radius 2 is 1.61 bits per heavy atom. The topological polar surface area (TPSA) is 87.3 Å². The van der Waals surface area contributed by atoms with E-state index in [0.717, 1.165) is 12.0 Å². The fourth-order valence-corrected chi connectivity index (χ4v) is 2.78. The van der Waals surface area contributed by atoms with Gasteiger partial charge in [0.15, 0.2) is 0 Å². The van der Waals surface area contributed by atoms with Gasteiger partial charge in [-0.05, 0) is 35.7 Å². The van der Waals surface area contributed by atoms with Gasteiger partial charge in [-0.3, -0.25) is 14.4 Å². The van der Waals surface area contributed by atoms with Gasteiger partial charge < -0.3 is 16.0 Å². The van der Waals surface area contributed by atoms with E-state index in [0.29, 0.717) is 11.1 Å². The standard InChI is InChI=1S/C22H27N3O3/c1-4-15(2)19(25-21(27)17-10-6-5-7-11-17)22(28)24-14-16-9-8-12-18(13-16)20(26)23-3/h5-13,15,19H,4,14H2,1-3H3,(H,23,26)(H,24,28)(H,25,27). The summed E-state index contributed by atoms with van der Waals surface area (Å²) < 4.78 is 0. The Hall–Kier alpha value is -3.15. The van der Waals surface area contributed by atoms with E-state index in [4.69, 9.17) is 0 Å². The Morgan fingerprint density at radius 1 is 0.929 bits per heavy atom. The largest absolute Gasteiger partial charge is 0.355 e. The van der Waals surface area contributed by atoms with E-state index < -0.39 is 6.04 Å². The molecule has 3 N–H and O–H groups in total. The van der Waals surface area contributed by atoms with Crippen LogP contribution in [-0.4, -0.2) is 30.8 Å². The van der Waals surface area contributed by atoms with Crippen molar-refractivity contribution in [3.8, 4) is 0 Å². The summed E-state index contributed by atoms with van der Waals surface area (Å²) >= 11 is 0. The highest BCUT2D eigenvalue weighted by Crippen LogP contribution is 2.11. The average molecular weight is 381 g/mol. The van der Waals surface area contributed by atoms with E-state index in [1.54, 1.807) is 49.5 Å². The quantitative estimate of drug-likeness (QED) is 0.657. The van der Waals surface area contributed by atoms with Gasteiger partial charge in [0.2, 0.25) is 5.91 Å². The van der Waals surface area contributed by atoms with Gasteiger partial charge in [0.1, 0.15) is 6.04 Å². The molecule has 0 aromatic heterocycles. The summed E-state index contributed by atoms with van der Waals surface area (Å²) in [6.45, 7) is 4.19. The fraction of sp³-hybridized carbons (Fsp3) is 0.318. The highest BCUT2D eigenvalue weighted by molar-refractivity contribution is 5.97. The van der Waals surface area contributed by atoms with Gasteiger partial charge in [-0.25, -0.2) is 0 Å². The molecular formula is C22H27N3O3. The Balaban J connectivity index is 2.05. The molecule has 0 bridgehead atoms. The van der Waals surface area contributed by atoms with Crippen molar-refractivity contribution >= 4 is 17.7 Å². The number of hydrogen-bond acceptors (Lipinski definition) is 3. The van der Waals surface area contributed by atoms with Crippen molar-refractivity contribution in [2.75, 3.05) is 7.05 Å². The molecule has 2 unspecified atom stereocenters. The van der Waals surface area contributed by atoms with Crippen molar-refractivity contribution in [1.29, 1.82) is 0 Å². The number of amides is 3. The molecule has 28 heavy (non-hydrogen) atoms. The summed E-state index contributed by atoms with van der Waals surface area (Å²) in [7, 11) is 1.57. The van der Waals surface area contributed by atoms with Crippen LogP contribution in [0.15, 0.2) is 54.6 Å². The molecule has 0 heterocycles. The number of rotatable bonds is 8. The molecule has 0 fully saturated rings. The van der Waals surface area contributed by atoms with Gasteiger partial charge in [0.05, 0.1) is 0 Å². The lowest BCUT2D eigenvalue weighted by atomic mass is 9.97. The minimum atomic E-state index is -0.639. The maximum absolute atomic E-state index is 12.8. The first kappa shape index (κ1) is 21.2. The van der Waals surface area contributed by atoms with Crippen LogP contribution in [0, 0.1) is 5.92 Å². The van der Waals surface area contributed by atoms with Crippen LogP contribution in [0.2, 0.25) is 0 Å². The Morgan fingerprint density at radius 3 is 2.25 bits per heavy atom. The predicted molar refractivity (Wildman–Crippen MR) is 109 cm³/mol. The summed E-state index contributed by atoms with van der Waals surface area (Å²) in [6, 6.07) is 15.3. The third-order valence-corrected chi connectivity index (χ3v) is 4.70. The van der Waals surface area contributed by atoms with Gasteiger partial charge in [-0.2, -0.15) is 0 Å². The van der Waals surface area contributed by atoms with Crippen LogP contribution in [0.3, 0.4) is 0 Å². The number of carbonyl (C=O) groups excluding carboxylic acids is 3. The molecule has 6 heteroatoms. The lowest BCUT2D eigenvalue weighted by molar-refractivity contribution is -0.124. The Kier molecular flexibility index (Phi) is 7.75. The van der Waals surface area contributed by atoms with Crippen LogP contribution in [0.4, 0.5) is 0 Å². The number of benzene rings is 2. The van der Waals surface area contributed by atoms with E-state index in [1.807, 2.05) is 26.0 Å². The Labute approximate surface area is 165 Å². The number of hydrogen-bond donors (Lipinski definition) is 3. The lowest BCUT2D eigenvalue weighted by Gasteiger charge is -2.23. The molecule has 0 radical (unpaired) electrons. The molecule has 6 nitrogen and oxygen atoms in total. The molecule has 0 aliphatic heterocycles. The summed E-state index contributed by atoms with van der Waals surface area (Å²) in [6.07, 6.45) is 0.749. The molecule has 3 amide bonds. The maximum Gasteiger partial charge on any atom is 0.251 e. The van der Waals surface area contributed by atoms with E-state index in [9.17, 15) is 14.4 Å². The van der Waals surface area contributed by atoms with E-state index in [-0.39, 0.29) is 30.2 Å². The first-order valence-electron chi connectivity index (χ1n) is 9.40. The Bertz CT molecular complexity index is 821. The van der Waals surface area contributed by atoms with E-state index in [1.165, 1.54) is 0 Å². The summed E-state index contributed by atoms with van der Waals surface area (Å²) in [4.78, 5) is 37.0. The van der Waals surface area contributed by atoms with Crippen molar-refractivity contribution < 1.29 is 14.4 Å². The summed E-state index contributed by atoms with van der Waals surface area (Å²) in [5, 5.41) is 8.29. The van der Waals surface area contributed by atoms with Gasteiger partial charge in [0.25, 0.3) is 11.8 Å². The highest BCUT2D eigenvalue weighted by atomic mass is 16.2. The van der Waals surface area contributed by atoms with Crippen molar-refractivity contribution in [2.45, 2.75) is 32.9 Å². The highest BCUT2D eigenvalue weighted by Gasteiger charge is 2.26. The minimum absolute atomic E-state index is 0.0233. The van der Waals surface area contributed by atoms with Crippen LogP contribution < -0.4 is 16.0 Å². The van der Waals surface area contributed by atoms with Crippen LogP contribution in [0.25, 0.3) is 0 Å². The molecule has 0 saturated carbocycles. The molecule has 0 aliphatic rings. The SMILES string of the molecule is CCC(C)C(NC(=O)c1ccccc1)C(=O)NCc1cccc(C(=O)NC)c1. The monoisotopic (exact) mass is 381 g/mol. The van der Waals surface area contributed by atoms with Crippen LogP contribution >= 0.6 is 0 Å². The van der Waals surface area contributed by atoms with Crippen molar-refractivity contribution in [1.82, 2.24) is 16.0 Å². The zero-order valence-corrected chi connectivity index (χ0v) is 16.5. The molecule has 148 valence electrons. The second-order valence-electron chi connectivity index (χ2n) is 6.70. The van der Waals surface area contributed by atoms with Crippen molar-refractivity contribution in [2.24, 2.45) is 5.92 Å². The molecule has 0 saturated heterocycles. The lowest BCUT2D eigenvalue weighted by Crippen LogP contribution is -2.50. The van der Waals surface area contributed by atoms with Crippen molar-refractivity contribution in [3.05, 3.63) is 71.3 Å². The first-order chi connectivity index (χ1) is 13.5. The molecule has 0 aliphatic carbocycles. The predicted octanol–water partition coefficient (Wildman–Crippen LogP) is 2.51. The molecule has 0 spiro atoms. The number of nitrogens with one attached hydrogen (secondary N) is 3. The minimum Gasteiger partial charge on any atom is -0.355 e. The second-order valence-corrected chi connectivity index (χ2v) is 6.70. The van der Waals surface area contributed by atoms with E-state index >= 15 is 0 Å². The molecular weight excluding hydrogens is 354 g/mol. The molecule has 2 rings (SSSR count). The van der Waals surface area contributed by atoms with Crippen molar-refractivity contribution in [3.63, 3.8) is 0 Å². The number of carbonyl (C=O) groups is 3. The van der Waals surface area contributed by atoms with E-state index in [2.05, 4.69) is 16.0 Å². The van der Waals surface area contributed by atoms with Gasteiger partial charge in [-0.15, -0.1) is 0 Å². The molecule has 2 aromatic rings. The first-order valence-corrected chi connectivity index (χ1v) is 9.40. The van der Waals surface area contributed by atoms with Gasteiger partial charge in [-0.1, -0.05) is 50.6 Å². The van der Waals surface area contributed by atoms with Crippen LogP contribution in [0.1, 0.15) is 46.5 Å².